The number of esters is 1. The molecule has 0 aliphatic carbocycles. The summed E-state index contributed by atoms with van der Waals surface area (Å²) < 4.78 is 7.05. The number of nitrogens with zero attached hydrogens (tertiary/aromatic N) is 4. The van der Waals surface area contributed by atoms with E-state index in [1.165, 1.54) is 11.8 Å². The van der Waals surface area contributed by atoms with E-state index in [0.717, 1.165) is 5.16 Å². The second-order valence-electron chi connectivity index (χ2n) is 3.96. The fourth-order valence-corrected chi connectivity index (χ4v) is 2.82. The summed E-state index contributed by atoms with van der Waals surface area (Å²) in [4.78, 5) is 12.0. The Labute approximate surface area is 118 Å². The summed E-state index contributed by atoms with van der Waals surface area (Å²) in [5.74, 6) is 0.212. The Kier molecular flexibility index (Phi) is 3.39. The predicted molar refractivity (Wildman–Crippen MR) is 69.2 cm³/mol. The number of rotatable bonds is 2. The third-order valence-electron chi connectivity index (χ3n) is 2.64. The fourth-order valence-electron chi connectivity index (χ4n) is 1.74. The van der Waals surface area contributed by atoms with Crippen LogP contribution in [-0.2, 0) is 11.3 Å². The standard InChI is InChI=1S/C11H9ClN4O2S/c12-9-4-2-1-3-8(9)10(17)18-7-5-16-11(19-6-7)13-14-15-16/h1-4,7H,5-6H2. The summed E-state index contributed by atoms with van der Waals surface area (Å²) in [6.45, 7) is 0.464. The van der Waals surface area contributed by atoms with Gasteiger partial charge in [0.15, 0.2) is 0 Å². The summed E-state index contributed by atoms with van der Waals surface area (Å²) in [5.41, 5.74) is 0.372. The van der Waals surface area contributed by atoms with Gasteiger partial charge in [-0.05, 0) is 22.6 Å². The minimum Gasteiger partial charge on any atom is -0.456 e. The van der Waals surface area contributed by atoms with Gasteiger partial charge in [0.2, 0.25) is 5.16 Å². The SMILES string of the molecule is O=C(OC1CSc2nnnn2C1)c1ccccc1Cl. The topological polar surface area (TPSA) is 69.9 Å². The third kappa shape index (κ3) is 2.57. The predicted octanol–water partition coefficient (Wildman–Crippen LogP) is 1.66. The van der Waals surface area contributed by atoms with Gasteiger partial charge in [-0.25, -0.2) is 9.48 Å². The number of aromatic nitrogens is 4. The molecule has 0 N–H and O–H groups in total. The van der Waals surface area contributed by atoms with E-state index in [1.54, 1.807) is 28.9 Å². The van der Waals surface area contributed by atoms with Crippen LogP contribution in [0.3, 0.4) is 0 Å². The van der Waals surface area contributed by atoms with Crippen LogP contribution < -0.4 is 0 Å². The zero-order valence-corrected chi connectivity index (χ0v) is 11.3. The van der Waals surface area contributed by atoms with Crippen molar-refractivity contribution in [2.45, 2.75) is 17.8 Å². The van der Waals surface area contributed by atoms with Gasteiger partial charge in [-0.3, -0.25) is 0 Å². The summed E-state index contributed by atoms with van der Waals surface area (Å²) >= 11 is 7.42. The van der Waals surface area contributed by atoms with Crippen molar-refractivity contribution >= 4 is 29.3 Å². The van der Waals surface area contributed by atoms with Crippen LogP contribution in [0.5, 0.6) is 0 Å². The maximum Gasteiger partial charge on any atom is 0.340 e. The van der Waals surface area contributed by atoms with Crippen LogP contribution in [0.25, 0.3) is 0 Å². The molecule has 1 atom stereocenters. The van der Waals surface area contributed by atoms with Gasteiger partial charge in [-0.1, -0.05) is 35.5 Å². The molecule has 0 radical (unpaired) electrons. The number of hydrogen-bond donors (Lipinski definition) is 0. The first-order chi connectivity index (χ1) is 9.24. The average molecular weight is 297 g/mol. The van der Waals surface area contributed by atoms with Crippen LogP contribution >= 0.6 is 23.4 Å². The Morgan fingerprint density at radius 1 is 1.47 bits per heavy atom. The Balaban J connectivity index is 1.70. The van der Waals surface area contributed by atoms with E-state index in [-0.39, 0.29) is 6.10 Å². The van der Waals surface area contributed by atoms with E-state index >= 15 is 0 Å². The van der Waals surface area contributed by atoms with E-state index in [9.17, 15) is 4.79 Å². The van der Waals surface area contributed by atoms with Gasteiger partial charge in [0.25, 0.3) is 0 Å². The zero-order chi connectivity index (χ0) is 13.2. The number of benzene rings is 1. The van der Waals surface area contributed by atoms with Gasteiger partial charge < -0.3 is 4.74 Å². The largest absolute Gasteiger partial charge is 0.456 e. The van der Waals surface area contributed by atoms with E-state index < -0.39 is 5.97 Å². The van der Waals surface area contributed by atoms with Gasteiger partial charge in [0, 0.05) is 5.75 Å². The molecule has 1 unspecified atom stereocenters. The van der Waals surface area contributed by atoms with Gasteiger partial charge in [0.1, 0.15) is 6.10 Å². The Morgan fingerprint density at radius 3 is 3.16 bits per heavy atom. The molecule has 8 heteroatoms. The maximum atomic E-state index is 12.0. The molecule has 19 heavy (non-hydrogen) atoms. The number of thioether (sulfide) groups is 1. The van der Waals surface area contributed by atoms with Crippen LogP contribution in [0.15, 0.2) is 29.4 Å². The summed E-state index contributed by atoms with van der Waals surface area (Å²) in [7, 11) is 0. The molecular formula is C11H9ClN4O2S. The Morgan fingerprint density at radius 2 is 2.32 bits per heavy atom. The molecule has 0 amide bonds. The molecule has 98 valence electrons. The first-order valence-electron chi connectivity index (χ1n) is 5.58. The van der Waals surface area contributed by atoms with Crippen LogP contribution in [-0.4, -0.2) is 38.0 Å². The quantitative estimate of drug-likeness (QED) is 0.785. The summed E-state index contributed by atoms with van der Waals surface area (Å²) in [6.07, 6.45) is -0.259. The van der Waals surface area contributed by atoms with E-state index in [0.29, 0.717) is 22.9 Å². The minimum atomic E-state index is -0.423. The normalized spacial score (nSPS) is 17.8. The van der Waals surface area contributed by atoms with Crippen LogP contribution in [0, 0.1) is 0 Å². The number of halogens is 1. The molecule has 2 aromatic rings. The lowest BCUT2D eigenvalue weighted by atomic mass is 10.2. The van der Waals surface area contributed by atoms with Crippen molar-refractivity contribution in [1.82, 2.24) is 20.2 Å². The second kappa shape index (κ2) is 5.18. The molecule has 2 heterocycles. The van der Waals surface area contributed by atoms with E-state index in [1.807, 2.05) is 0 Å². The lowest BCUT2D eigenvalue weighted by molar-refractivity contribution is 0.0294. The number of tetrazole rings is 1. The Hall–Kier alpha value is -1.60. The molecular weight excluding hydrogens is 288 g/mol. The fraction of sp³-hybridized carbons (Fsp3) is 0.273. The van der Waals surface area contributed by atoms with Crippen molar-refractivity contribution in [1.29, 1.82) is 0 Å². The van der Waals surface area contributed by atoms with Crippen molar-refractivity contribution in [3.63, 3.8) is 0 Å². The molecule has 1 aromatic carbocycles. The van der Waals surface area contributed by atoms with Gasteiger partial charge >= 0.3 is 5.97 Å². The van der Waals surface area contributed by atoms with Gasteiger partial charge in [-0.15, -0.1) is 5.10 Å². The third-order valence-corrected chi connectivity index (χ3v) is 4.06. The first-order valence-corrected chi connectivity index (χ1v) is 6.95. The van der Waals surface area contributed by atoms with Crippen LogP contribution in [0.4, 0.5) is 0 Å². The molecule has 0 saturated carbocycles. The molecule has 1 aliphatic heterocycles. The highest BCUT2D eigenvalue weighted by molar-refractivity contribution is 7.99. The van der Waals surface area contributed by atoms with Crippen molar-refractivity contribution in [2.75, 3.05) is 5.75 Å². The van der Waals surface area contributed by atoms with Crippen molar-refractivity contribution < 1.29 is 9.53 Å². The number of hydrogen-bond acceptors (Lipinski definition) is 6. The molecule has 1 aliphatic rings. The first kappa shape index (κ1) is 12.4. The molecule has 0 saturated heterocycles. The van der Waals surface area contributed by atoms with Crippen molar-refractivity contribution in [3.8, 4) is 0 Å². The number of carbonyl (C=O) groups is 1. The smallest absolute Gasteiger partial charge is 0.340 e. The number of ether oxygens (including phenoxy) is 1. The summed E-state index contributed by atoms with van der Waals surface area (Å²) in [5, 5.41) is 12.4. The van der Waals surface area contributed by atoms with Crippen molar-refractivity contribution in [3.05, 3.63) is 34.9 Å². The highest BCUT2D eigenvalue weighted by atomic mass is 35.5. The molecule has 3 rings (SSSR count). The molecule has 0 bridgehead atoms. The Bertz CT molecular complexity index is 618. The summed E-state index contributed by atoms with van der Waals surface area (Å²) in [6, 6.07) is 6.82. The van der Waals surface area contributed by atoms with Gasteiger partial charge in [-0.2, -0.15) is 0 Å². The number of fused-ring (bicyclic) bond motifs is 1. The monoisotopic (exact) mass is 296 g/mol. The lowest BCUT2D eigenvalue weighted by Crippen LogP contribution is -2.30. The molecule has 0 spiro atoms. The molecule has 6 nitrogen and oxygen atoms in total. The highest BCUT2D eigenvalue weighted by Gasteiger charge is 2.25. The van der Waals surface area contributed by atoms with Gasteiger partial charge in [0.05, 0.1) is 17.1 Å². The molecule has 0 fully saturated rings. The van der Waals surface area contributed by atoms with E-state index in [2.05, 4.69) is 15.5 Å². The number of carbonyl (C=O) groups excluding carboxylic acids is 1. The zero-order valence-electron chi connectivity index (χ0n) is 9.69. The molecule has 1 aromatic heterocycles. The lowest BCUT2D eigenvalue weighted by Gasteiger charge is -2.21. The van der Waals surface area contributed by atoms with Crippen LogP contribution in [0.1, 0.15) is 10.4 Å². The average Bonchev–Trinajstić information content (AvgIpc) is 2.86. The second-order valence-corrected chi connectivity index (χ2v) is 5.36. The van der Waals surface area contributed by atoms with Crippen molar-refractivity contribution in [2.24, 2.45) is 0 Å². The highest BCUT2D eigenvalue weighted by Crippen LogP contribution is 2.24. The maximum absolute atomic E-state index is 12.0. The van der Waals surface area contributed by atoms with Crippen LogP contribution in [0.2, 0.25) is 5.02 Å². The minimum absolute atomic E-state index is 0.259. The van der Waals surface area contributed by atoms with E-state index in [4.69, 9.17) is 16.3 Å².